The normalized spacial score (nSPS) is 14.0. The van der Waals surface area contributed by atoms with Crippen molar-refractivity contribution in [2.45, 2.75) is 419 Å². The van der Waals surface area contributed by atoms with E-state index in [1.807, 2.05) is 0 Å². The molecule has 19 heteroatoms. The minimum atomic E-state index is -4.96. The summed E-state index contributed by atoms with van der Waals surface area (Å²) >= 11 is 0. The molecule has 0 bridgehead atoms. The third-order valence-corrected chi connectivity index (χ3v) is 19.9. The van der Waals surface area contributed by atoms with E-state index in [-0.39, 0.29) is 25.7 Å². The summed E-state index contributed by atoms with van der Waals surface area (Å²) in [6, 6.07) is 0. The number of ether oxygens (including phenoxy) is 4. The van der Waals surface area contributed by atoms with Gasteiger partial charge >= 0.3 is 39.5 Å². The van der Waals surface area contributed by atoms with Crippen LogP contribution in [0, 0.1) is 11.8 Å². The van der Waals surface area contributed by atoms with E-state index in [4.69, 9.17) is 37.0 Å². The van der Waals surface area contributed by atoms with Gasteiger partial charge in [-0.05, 0) is 37.5 Å². The van der Waals surface area contributed by atoms with Crippen LogP contribution in [0.25, 0.3) is 0 Å². The lowest BCUT2D eigenvalue weighted by Gasteiger charge is -2.21. The number of hydrogen-bond acceptors (Lipinski definition) is 15. The molecule has 3 N–H and O–H groups in total. The van der Waals surface area contributed by atoms with Crippen molar-refractivity contribution in [2.75, 3.05) is 39.6 Å². The first-order valence-corrected chi connectivity index (χ1v) is 43.0. The standard InChI is InChI=1S/C77H150O17P2/c1-7-9-11-13-15-16-17-18-19-20-21-22-23-24-25-26-31-34-37-43-49-55-61-76(81)93-73(66-88-75(80)60-54-48-42-36-33-30-28-27-29-32-35-40-45-51-57-69(3)4)68-92-96(85,86)90-64-71(78)63-89-95(83,84)91-67-72(65-87-74(79)59-53-47-39-14-12-10-8-2)94-77(82)62-56-50-44-38-41-46-52-58-70(5)6/h69-73,78H,7-68H2,1-6H3,(H,83,84)(H,85,86)/t71-,72+,73+/m0/s1. The third kappa shape index (κ3) is 70.5. The number of rotatable bonds is 76. The van der Waals surface area contributed by atoms with Gasteiger partial charge in [0, 0.05) is 25.7 Å². The average molecular weight is 1410 g/mol. The van der Waals surface area contributed by atoms with Crippen LogP contribution in [0.3, 0.4) is 0 Å². The van der Waals surface area contributed by atoms with Crippen molar-refractivity contribution in [3.8, 4) is 0 Å². The lowest BCUT2D eigenvalue weighted by molar-refractivity contribution is -0.161. The lowest BCUT2D eigenvalue weighted by atomic mass is 10.0. The van der Waals surface area contributed by atoms with E-state index >= 15 is 0 Å². The molecule has 0 fully saturated rings. The molecular weight excluding hydrogens is 1260 g/mol. The molecule has 0 saturated carbocycles. The van der Waals surface area contributed by atoms with Gasteiger partial charge in [-0.25, -0.2) is 9.13 Å². The molecule has 0 spiro atoms. The number of esters is 4. The molecule has 0 aliphatic carbocycles. The van der Waals surface area contributed by atoms with Crippen LogP contribution in [0.15, 0.2) is 0 Å². The van der Waals surface area contributed by atoms with Gasteiger partial charge < -0.3 is 33.8 Å². The molecule has 5 atom stereocenters. The highest BCUT2D eigenvalue weighted by Crippen LogP contribution is 2.45. The molecule has 0 rings (SSSR count). The Morgan fingerprint density at radius 1 is 0.281 bits per heavy atom. The van der Waals surface area contributed by atoms with E-state index in [1.165, 1.54) is 205 Å². The Labute approximate surface area is 588 Å². The second-order valence-corrected chi connectivity index (χ2v) is 31.6. The molecule has 0 heterocycles. The van der Waals surface area contributed by atoms with Crippen LogP contribution in [0.1, 0.15) is 401 Å². The number of carbonyl (C=O) groups excluding carboxylic acids is 4. The van der Waals surface area contributed by atoms with Crippen LogP contribution in [0.2, 0.25) is 0 Å². The van der Waals surface area contributed by atoms with Crippen molar-refractivity contribution in [3.05, 3.63) is 0 Å². The molecule has 0 saturated heterocycles. The molecule has 0 aliphatic rings. The minimum Gasteiger partial charge on any atom is -0.462 e. The van der Waals surface area contributed by atoms with E-state index in [1.54, 1.807) is 0 Å². The van der Waals surface area contributed by atoms with Crippen molar-refractivity contribution in [2.24, 2.45) is 11.8 Å². The van der Waals surface area contributed by atoms with Crippen LogP contribution in [-0.2, 0) is 65.4 Å². The van der Waals surface area contributed by atoms with Crippen LogP contribution in [-0.4, -0.2) is 96.7 Å². The van der Waals surface area contributed by atoms with Crippen LogP contribution in [0.5, 0.6) is 0 Å². The average Bonchev–Trinajstić information content (AvgIpc) is 1.08. The maximum atomic E-state index is 13.1. The Balaban J connectivity index is 5.14. The first-order chi connectivity index (χ1) is 46.4. The Bertz CT molecular complexity index is 1860. The summed E-state index contributed by atoms with van der Waals surface area (Å²) in [6.07, 6.45) is 57.4. The van der Waals surface area contributed by atoms with Gasteiger partial charge in [-0.15, -0.1) is 0 Å². The second-order valence-electron chi connectivity index (χ2n) is 28.7. The summed E-state index contributed by atoms with van der Waals surface area (Å²) in [5, 5.41) is 10.6. The zero-order valence-electron chi connectivity index (χ0n) is 62.7. The van der Waals surface area contributed by atoms with Gasteiger partial charge in [0.15, 0.2) is 12.2 Å². The zero-order chi connectivity index (χ0) is 70.7. The SMILES string of the molecule is CCCCCCCCCCCCCCCCCCCCCCCCC(=O)O[C@H](COC(=O)CCCCCCCCCCCCCCCCC(C)C)COP(=O)(O)OC[C@@H](O)COP(=O)(O)OC[C@@H](COC(=O)CCCCCCCCC)OC(=O)CCCCCCCCCC(C)C. The first-order valence-electron chi connectivity index (χ1n) is 40.0. The van der Waals surface area contributed by atoms with Gasteiger partial charge in [-0.2, -0.15) is 0 Å². The minimum absolute atomic E-state index is 0.103. The Morgan fingerprint density at radius 2 is 0.479 bits per heavy atom. The van der Waals surface area contributed by atoms with Crippen molar-refractivity contribution >= 4 is 39.5 Å². The summed E-state index contributed by atoms with van der Waals surface area (Å²) in [5.41, 5.74) is 0. The van der Waals surface area contributed by atoms with Gasteiger partial charge in [-0.1, -0.05) is 350 Å². The number of carbonyl (C=O) groups is 4. The number of hydrogen-bond donors (Lipinski definition) is 3. The summed E-state index contributed by atoms with van der Waals surface area (Å²) in [6.45, 7) is 9.51. The fraction of sp³-hybridized carbons (Fsp3) is 0.948. The molecule has 0 aromatic heterocycles. The molecule has 17 nitrogen and oxygen atoms in total. The quantitative estimate of drug-likeness (QED) is 0.0222. The van der Waals surface area contributed by atoms with E-state index < -0.39 is 97.5 Å². The van der Waals surface area contributed by atoms with Gasteiger partial charge in [0.25, 0.3) is 0 Å². The number of aliphatic hydroxyl groups excluding tert-OH is 1. The molecule has 2 unspecified atom stereocenters. The molecular formula is C77H150O17P2. The third-order valence-electron chi connectivity index (χ3n) is 18.0. The number of aliphatic hydroxyl groups is 1. The first kappa shape index (κ1) is 94.1. The predicted molar refractivity (Wildman–Crippen MR) is 391 cm³/mol. The van der Waals surface area contributed by atoms with E-state index in [0.29, 0.717) is 31.6 Å². The van der Waals surface area contributed by atoms with E-state index in [9.17, 15) is 43.2 Å². The van der Waals surface area contributed by atoms with Gasteiger partial charge in [0.1, 0.15) is 19.3 Å². The molecule has 0 aromatic rings. The van der Waals surface area contributed by atoms with Crippen molar-refractivity contribution < 1.29 is 80.2 Å². The molecule has 0 aromatic carbocycles. The van der Waals surface area contributed by atoms with Crippen LogP contribution in [0.4, 0.5) is 0 Å². The second kappa shape index (κ2) is 68.8. The van der Waals surface area contributed by atoms with Crippen LogP contribution < -0.4 is 0 Å². The molecule has 96 heavy (non-hydrogen) atoms. The number of unbranched alkanes of at least 4 members (excludes halogenated alkanes) is 46. The molecule has 0 radical (unpaired) electrons. The largest absolute Gasteiger partial charge is 0.472 e. The predicted octanol–water partition coefficient (Wildman–Crippen LogP) is 22.7. The Morgan fingerprint density at radius 3 is 0.708 bits per heavy atom. The van der Waals surface area contributed by atoms with Crippen molar-refractivity contribution in [1.29, 1.82) is 0 Å². The topological polar surface area (TPSA) is 237 Å². The molecule has 570 valence electrons. The van der Waals surface area contributed by atoms with Crippen molar-refractivity contribution in [3.63, 3.8) is 0 Å². The fourth-order valence-corrected chi connectivity index (χ4v) is 13.4. The molecule has 0 amide bonds. The highest BCUT2D eigenvalue weighted by atomic mass is 31.2. The zero-order valence-corrected chi connectivity index (χ0v) is 64.5. The number of phosphoric acid groups is 2. The van der Waals surface area contributed by atoms with Gasteiger partial charge in [0.2, 0.25) is 0 Å². The van der Waals surface area contributed by atoms with E-state index in [0.717, 1.165) is 109 Å². The maximum Gasteiger partial charge on any atom is 0.472 e. The Hall–Kier alpha value is -1.94. The fourth-order valence-electron chi connectivity index (χ4n) is 11.8. The van der Waals surface area contributed by atoms with Gasteiger partial charge in [-0.3, -0.25) is 37.3 Å². The summed E-state index contributed by atoms with van der Waals surface area (Å²) in [5.74, 6) is -0.628. The summed E-state index contributed by atoms with van der Waals surface area (Å²) < 4.78 is 68.4. The number of phosphoric ester groups is 2. The lowest BCUT2D eigenvalue weighted by Crippen LogP contribution is -2.30. The summed E-state index contributed by atoms with van der Waals surface area (Å²) in [7, 11) is -9.90. The van der Waals surface area contributed by atoms with Crippen LogP contribution >= 0.6 is 15.6 Å². The smallest absolute Gasteiger partial charge is 0.462 e. The van der Waals surface area contributed by atoms with E-state index in [2.05, 4.69) is 41.5 Å². The molecule has 0 aliphatic heterocycles. The maximum absolute atomic E-state index is 13.1. The Kier molecular flexibility index (Phi) is 67.4. The highest BCUT2D eigenvalue weighted by Gasteiger charge is 2.30. The van der Waals surface area contributed by atoms with Crippen molar-refractivity contribution in [1.82, 2.24) is 0 Å². The summed E-state index contributed by atoms with van der Waals surface area (Å²) in [4.78, 5) is 72.6. The monoisotopic (exact) mass is 1410 g/mol. The van der Waals surface area contributed by atoms with Gasteiger partial charge in [0.05, 0.1) is 26.4 Å². The highest BCUT2D eigenvalue weighted by molar-refractivity contribution is 7.47.